The molecule has 0 aromatic heterocycles. The molecule has 0 saturated carbocycles. The average Bonchev–Trinajstić information content (AvgIpc) is 3.12. The molecule has 35 heavy (non-hydrogen) atoms. The summed E-state index contributed by atoms with van der Waals surface area (Å²) in [6.07, 6.45) is 0. The lowest BCUT2D eigenvalue weighted by atomic mass is 9.85. The van der Waals surface area contributed by atoms with Gasteiger partial charge in [-0.2, -0.15) is 0 Å². The first-order chi connectivity index (χ1) is 16.7. The number of likely N-dealkylation sites (tertiary alicyclic amines) is 1. The number of hydrogen-bond acceptors (Lipinski definition) is 6. The van der Waals surface area contributed by atoms with Crippen LogP contribution in [0, 0.1) is 0 Å². The van der Waals surface area contributed by atoms with E-state index in [4.69, 9.17) is 4.74 Å². The molecule has 2 saturated heterocycles. The number of carbonyl (C=O) groups is 2. The highest BCUT2D eigenvalue weighted by Crippen LogP contribution is 2.40. The maximum Gasteiger partial charge on any atom is 0.295 e. The Kier molecular flexibility index (Phi) is 7.28. The molecule has 0 radical (unpaired) electrons. The molecule has 2 aromatic carbocycles. The number of Topliss-reactive ketones (excluding diaryl/α,β-unsaturated/α-hetero) is 1. The second-order valence-corrected chi connectivity index (χ2v) is 10.2. The van der Waals surface area contributed by atoms with Gasteiger partial charge in [-0.1, -0.05) is 45.0 Å². The fraction of sp³-hybridized carbons (Fsp3) is 0.429. The summed E-state index contributed by atoms with van der Waals surface area (Å²) >= 11 is 0. The highest BCUT2D eigenvalue weighted by atomic mass is 16.5. The molecule has 7 heteroatoms. The van der Waals surface area contributed by atoms with Crippen molar-refractivity contribution < 1.29 is 19.4 Å². The van der Waals surface area contributed by atoms with Crippen LogP contribution in [0.5, 0.6) is 5.75 Å². The van der Waals surface area contributed by atoms with E-state index in [9.17, 15) is 14.7 Å². The van der Waals surface area contributed by atoms with Crippen LogP contribution in [-0.2, 0) is 15.0 Å². The predicted octanol–water partition coefficient (Wildman–Crippen LogP) is 3.32. The van der Waals surface area contributed by atoms with Crippen LogP contribution < -0.4 is 10.1 Å². The molecule has 186 valence electrons. The first kappa shape index (κ1) is 24.9. The Hall–Kier alpha value is -3.16. The van der Waals surface area contributed by atoms with Gasteiger partial charge in [0.1, 0.15) is 11.5 Å². The molecule has 7 nitrogen and oxygen atoms in total. The number of aliphatic hydroxyl groups is 1. The van der Waals surface area contributed by atoms with Crippen LogP contribution in [0.25, 0.3) is 5.76 Å². The van der Waals surface area contributed by atoms with Crippen LogP contribution in [0.1, 0.15) is 43.5 Å². The highest BCUT2D eigenvalue weighted by Gasteiger charge is 2.46. The van der Waals surface area contributed by atoms with Crippen LogP contribution in [0.4, 0.5) is 0 Å². The number of methoxy groups -OCH3 is 1. The molecular weight excluding hydrogens is 442 g/mol. The van der Waals surface area contributed by atoms with Gasteiger partial charge in [-0.25, -0.2) is 0 Å². The van der Waals surface area contributed by atoms with Crippen molar-refractivity contribution in [3.63, 3.8) is 0 Å². The van der Waals surface area contributed by atoms with Crippen molar-refractivity contribution >= 4 is 17.4 Å². The van der Waals surface area contributed by atoms with E-state index >= 15 is 0 Å². The van der Waals surface area contributed by atoms with Gasteiger partial charge in [0.05, 0.1) is 18.7 Å². The Morgan fingerprint density at radius 1 is 1.00 bits per heavy atom. The Balaban J connectivity index is 1.74. The first-order valence-electron chi connectivity index (χ1n) is 12.2. The van der Waals surface area contributed by atoms with Gasteiger partial charge in [0.15, 0.2) is 0 Å². The lowest BCUT2D eigenvalue weighted by Crippen LogP contribution is -2.46. The number of hydrogen-bond donors (Lipinski definition) is 2. The SMILES string of the molecule is COc1ccc(/C(O)=C2\C(=O)C(=O)N(CCN3CCNCC3)[C@@H]2c2ccc(C(C)(C)C)cc2)cc1. The summed E-state index contributed by atoms with van der Waals surface area (Å²) in [6, 6.07) is 14.2. The van der Waals surface area contributed by atoms with Crippen molar-refractivity contribution in [2.45, 2.75) is 32.2 Å². The van der Waals surface area contributed by atoms with E-state index in [0.29, 0.717) is 24.4 Å². The van der Waals surface area contributed by atoms with Gasteiger partial charge in [0.25, 0.3) is 11.7 Å². The third kappa shape index (κ3) is 5.26. The third-order valence-corrected chi connectivity index (χ3v) is 6.86. The number of ether oxygens (including phenoxy) is 1. The molecule has 0 unspecified atom stereocenters. The number of nitrogens with one attached hydrogen (secondary N) is 1. The van der Waals surface area contributed by atoms with E-state index < -0.39 is 17.7 Å². The lowest BCUT2D eigenvalue weighted by molar-refractivity contribution is -0.140. The zero-order chi connectivity index (χ0) is 25.2. The van der Waals surface area contributed by atoms with Crippen molar-refractivity contribution in [2.24, 2.45) is 0 Å². The lowest BCUT2D eigenvalue weighted by Gasteiger charge is -2.31. The van der Waals surface area contributed by atoms with Crippen LogP contribution >= 0.6 is 0 Å². The summed E-state index contributed by atoms with van der Waals surface area (Å²) in [5, 5.41) is 14.6. The van der Waals surface area contributed by atoms with E-state index in [1.165, 1.54) is 0 Å². The smallest absolute Gasteiger partial charge is 0.295 e. The van der Waals surface area contributed by atoms with Crippen LogP contribution in [0.2, 0.25) is 0 Å². The van der Waals surface area contributed by atoms with Crippen molar-refractivity contribution in [3.8, 4) is 5.75 Å². The maximum absolute atomic E-state index is 13.3. The van der Waals surface area contributed by atoms with Gasteiger partial charge in [-0.3, -0.25) is 14.5 Å². The minimum atomic E-state index is -0.650. The number of nitrogens with zero attached hydrogens (tertiary/aromatic N) is 2. The zero-order valence-electron chi connectivity index (χ0n) is 21.0. The second-order valence-electron chi connectivity index (χ2n) is 10.2. The molecule has 2 heterocycles. The molecule has 4 rings (SSSR count). The quantitative estimate of drug-likeness (QED) is 0.377. The molecule has 1 atom stereocenters. The van der Waals surface area contributed by atoms with Gasteiger partial charge < -0.3 is 20.1 Å². The van der Waals surface area contributed by atoms with Crippen molar-refractivity contribution in [3.05, 3.63) is 70.8 Å². The Labute approximate surface area is 207 Å². The van der Waals surface area contributed by atoms with E-state index in [-0.39, 0.29) is 16.7 Å². The van der Waals surface area contributed by atoms with E-state index in [2.05, 4.69) is 31.0 Å². The molecule has 2 aromatic rings. The molecule has 0 aliphatic carbocycles. The van der Waals surface area contributed by atoms with E-state index in [0.717, 1.165) is 37.3 Å². The minimum Gasteiger partial charge on any atom is -0.507 e. The third-order valence-electron chi connectivity index (χ3n) is 6.86. The summed E-state index contributed by atoms with van der Waals surface area (Å²) in [5.74, 6) is -0.739. The molecule has 1 amide bonds. The fourth-order valence-electron chi connectivity index (χ4n) is 4.71. The standard InChI is InChI=1S/C28H35N3O4/c1-28(2,3)21-9-5-19(6-10-21)24-23(25(32)20-7-11-22(35-4)12-8-20)26(33)27(34)31(24)18-17-30-15-13-29-14-16-30/h5-12,24,29,32H,13-18H2,1-4H3/b25-23+/t24-/m1/s1. The van der Waals surface area contributed by atoms with Crippen LogP contribution in [0.3, 0.4) is 0 Å². The van der Waals surface area contributed by atoms with Gasteiger partial charge in [0, 0.05) is 44.8 Å². The van der Waals surface area contributed by atoms with E-state index in [1.807, 2.05) is 24.3 Å². The predicted molar refractivity (Wildman–Crippen MR) is 136 cm³/mol. The molecule has 2 aliphatic heterocycles. The first-order valence-corrected chi connectivity index (χ1v) is 12.2. The van der Waals surface area contributed by atoms with Crippen molar-refractivity contribution in [1.29, 1.82) is 0 Å². The largest absolute Gasteiger partial charge is 0.507 e. The molecular formula is C28H35N3O4. The van der Waals surface area contributed by atoms with Gasteiger partial charge >= 0.3 is 0 Å². The second kappa shape index (κ2) is 10.2. The average molecular weight is 478 g/mol. The van der Waals surface area contributed by atoms with Gasteiger partial charge in [0.2, 0.25) is 0 Å². The molecule has 2 aliphatic rings. The minimum absolute atomic E-state index is 0.0221. The number of piperazine rings is 1. The van der Waals surface area contributed by atoms with Crippen molar-refractivity contribution in [2.75, 3.05) is 46.4 Å². The van der Waals surface area contributed by atoms with Gasteiger partial charge in [-0.15, -0.1) is 0 Å². The molecule has 2 N–H and O–H groups in total. The molecule has 0 bridgehead atoms. The fourth-order valence-corrected chi connectivity index (χ4v) is 4.71. The summed E-state index contributed by atoms with van der Waals surface area (Å²) in [6.45, 7) is 11.1. The Morgan fingerprint density at radius 2 is 1.63 bits per heavy atom. The van der Waals surface area contributed by atoms with E-state index in [1.54, 1.807) is 36.3 Å². The molecule has 0 spiro atoms. The monoisotopic (exact) mass is 477 g/mol. The Bertz CT molecular complexity index is 1090. The maximum atomic E-state index is 13.3. The summed E-state index contributed by atoms with van der Waals surface area (Å²) in [4.78, 5) is 30.4. The summed E-state index contributed by atoms with van der Waals surface area (Å²) < 4.78 is 5.21. The number of aliphatic hydroxyl groups excluding tert-OH is 1. The summed E-state index contributed by atoms with van der Waals surface area (Å²) in [7, 11) is 1.57. The normalized spacial score (nSPS) is 20.9. The number of amides is 1. The zero-order valence-corrected chi connectivity index (χ0v) is 21.0. The Morgan fingerprint density at radius 3 is 2.20 bits per heavy atom. The number of ketones is 1. The number of carbonyl (C=O) groups excluding carboxylic acids is 2. The van der Waals surface area contributed by atoms with Crippen LogP contribution in [0.15, 0.2) is 54.1 Å². The number of benzene rings is 2. The molecule has 2 fully saturated rings. The highest BCUT2D eigenvalue weighted by molar-refractivity contribution is 6.46. The van der Waals surface area contributed by atoms with Gasteiger partial charge in [-0.05, 0) is 40.8 Å². The summed E-state index contributed by atoms with van der Waals surface area (Å²) in [5.41, 5.74) is 2.55. The number of rotatable bonds is 6. The topological polar surface area (TPSA) is 82.1 Å². The van der Waals surface area contributed by atoms with Crippen molar-refractivity contribution in [1.82, 2.24) is 15.1 Å². The van der Waals surface area contributed by atoms with Crippen LogP contribution in [-0.4, -0.2) is 73.0 Å².